The Kier molecular flexibility index (Phi) is 3.65. The average Bonchev–Trinajstić information content (AvgIpc) is 2.91. The zero-order valence-electron chi connectivity index (χ0n) is 11.1. The Morgan fingerprint density at radius 1 is 1.05 bits per heavy atom. The highest BCUT2D eigenvalue weighted by atomic mass is 32.2. The molecule has 0 radical (unpaired) electrons. The molecule has 4 nitrogen and oxygen atoms in total. The van der Waals surface area contributed by atoms with Crippen LogP contribution in [0.4, 0.5) is 0 Å². The van der Waals surface area contributed by atoms with Gasteiger partial charge in [0.05, 0.1) is 16.0 Å². The zero-order valence-corrected chi connectivity index (χ0v) is 12.7. The number of nitrogens with zero attached hydrogens (tertiary/aromatic N) is 1. The lowest BCUT2D eigenvalue weighted by Crippen LogP contribution is -2.08. The van der Waals surface area contributed by atoms with Crippen LogP contribution in [-0.4, -0.2) is 24.3 Å². The molecule has 1 heterocycles. The van der Waals surface area contributed by atoms with Crippen molar-refractivity contribution in [2.45, 2.75) is 10.8 Å². The number of thiazole rings is 1. The molecule has 0 bridgehead atoms. The van der Waals surface area contributed by atoms with E-state index in [9.17, 15) is 13.5 Å². The second-order valence-corrected chi connectivity index (χ2v) is 8.00. The van der Waals surface area contributed by atoms with E-state index in [-0.39, 0.29) is 15.8 Å². The molecule has 3 rings (SSSR count). The Bertz CT molecular complexity index is 834. The number of aromatic hydroxyl groups is 1. The summed E-state index contributed by atoms with van der Waals surface area (Å²) in [4.78, 5) is 4.20. The van der Waals surface area contributed by atoms with E-state index >= 15 is 0 Å². The lowest BCUT2D eigenvalue weighted by Gasteiger charge is -2.02. The number of phenols is 1. The smallest absolute Gasteiger partial charge is 0.210 e. The first-order chi connectivity index (χ1) is 10.0. The topological polar surface area (TPSA) is 67.3 Å². The molecule has 6 heteroatoms. The second-order valence-electron chi connectivity index (χ2n) is 4.68. The SMILES string of the molecule is O=S(=O)(CCc1ccc(O)cc1)c1nc2ccccc2s1. The van der Waals surface area contributed by atoms with Gasteiger partial charge in [-0.05, 0) is 36.2 Å². The molecule has 0 saturated heterocycles. The lowest BCUT2D eigenvalue weighted by atomic mass is 10.2. The van der Waals surface area contributed by atoms with Crippen molar-refractivity contribution in [2.24, 2.45) is 0 Å². The number of aromatic nitrogens is 1. The highest BCUT2D eigenvalue weighted by molar-refractivity contribution is 7.93. The molecular formula is C15H13NO3S2. The minimum Gasteiger partial charge on any atom is -0.508 e. The van der Waals surface area contributed by atoms with E-state index in [4.69, 9.17) is 0 Å². The molecule has 0 amide bonds. The predicted molar refractivity (Wildman–Crippen MR) is 83.5 cm³/mol. The molecule has 2 aromatic carbocycles. The summed E-state index contributed by atoms with van der Waals surface area (Å²) in [7, 11) is -3.39. The monoisotopic (exact) mass is 319 g/mol. The predicted octanol–water partition coefficient (Wildman–Crippen LogP) is 3.02. The number of hydrogen-bond donors (Lipinski definition) is 1. The molecule has 108 valence electrons. The Labute approximate surface area is 126 Å². The van der Waals surface area contributed by atoms with Crippen LogP contribution in [0.5, 0.6) is 5.75 Å². The molecule has 1 aromatic heterocycles. The van der Waals surface area contributed by atoms with Gasteiger partial charge in [-0.25, -0.2) is 13.4 Å². The molecule has 0 aliphatic carbocycles. The van der Waals surface area contributed by atoms with E-state index in [1.165, 1.54) is 11.3 Å². The van der Waals surface area contributed by atoms with Crippen molar-refractivity contribution in [3.8, 4) is 5.75 Å². The largest absolute Gasteiger partial charge is 0.508 e. The maximum absolute atomic E-state index is 12.3. The van der Waals surface area contributed by atoms with E-state index in [0.717, 1.165) is 10.3 Å². The standard InChI is InChI=1S/C15H13NO3S2/c17-12-7-5-11(6-8-12)9-10-21(18,19)15-16-13-3-1-2-4-14(13)20-15/h1-8,17H,9-10H2. The number of phenolic OH excluding ortho intramolecular Hbond substituents is 1. The number of aryl methyl sites for hydroxylation is 1. The normalized spacial score (nSPS) is 11.8. The molecule has 21 heavy (non-hydrogen) atoms. The number of sulfone groups is 1. The van der Waals surface area contributed by atoms with Crippen LogP contribution < -0.4 is 0 Å². The van der Waals surface area contributed by atoms with Crippen molar-refractivity contribution in [2.75, 3.05) is 5.75 Å². The molecule has 0 aliphatic rings. The summed E-state index contributed by atoms with van der Waals surface area (Å²) >= 11 is 1.20. The molecule has 1 N–H and O–H groups in total. The maximum Gasteiger partial charge on any atom is 0.210 e. The molecule has 0 saturated carbocycles. The fourth-order valence-corrected chi connectivity index (χ4v) is 4.63. The molecule has 0 atom stereocenters. The van der Waals surface area contributed by atoms with Crippen molar-refractivity contribution < 1.29 is 13.5 Å². The third kappa shape index (κ3) is 3.06. The van der Waals surface area contributed by atoms with Gasteiger partial charge in [0.25, 0.3) is 0 Å². The minimum atomic E-state index is -3.39. The summed E-state index contributed by atoms with van der Waals surface area (Å²) in [6.07, 6.45) is 0.401. The number of para-hydroxylation sites is 1. The van der Waals surface area contributed by atoms with Gasteiger partial charge in [-0.1, -0.05) is 24.3 Å². The van der Waals surface area contributed by atoms with Crippen LogP contribution in [0.25, 0.3) is 10.2 Å². The number of benzene rings is 2. The van der Waals surface area contributed by atoms with E-state index in [1.807, 2.05) is 24.3 Å². The summed E-state index contributed by atoms with van der Waals surface area (Å²) in [6.45, 7) is 0. The molecular weight excluding hydrogens is 306 g/mol. The van der Waals surface area contributed by atoms with E-state index in [1.54, 1.807) is 24.3 Å². The molecule has 3 aromatic rings. The van der Waals surface area contributed by atoms with Gasteiger partial charge in [-0.2, -0.15) is 0 Å². The summed E-state index contributed by atoms with van der Waals surface area (Å²) in [5.74, 6) is 0.185. The van der Waals surface area contributed by atoms with Gasteiger partial charge >= 0.3 is 0 Å². The Balaban J connectivity index is 1.81. The zero-order chi connectivity index (χ0) is 14.9. The van der Waals surface area contributed by atoms with Gasteiger partial charge in [-0.15, -0.1) is 11.3 Å². The Hall–Kier alpha value is -1.92. The highest BCUT2D eigenvalue weighted by Crippen LogP contribution is 2.26. The summed E-state index contributed by atoms with van der Waals surface area (Å²) in [5.41, 5.74) is 1.59. The first-order valence-electron chi connectivity index (χ1n) is 6.41. The van der Waals surface area contributed by atoms with Gasteiger partial charge in [0.15, 0.2) is 0 Å². The number of fused-ring (bicyclic) bond motifs is 1. The van der Waals surface area contributed by atoms with Crippen LogP contribution in [-0.2, 0) is 16.3 Å². The Morgan fingerprint density at radius 2 is 1.76 bits per heavy atom. The van der Waals surface area contributed by atoms with Crippen LogP contribution >= 0.6 is 11.3 Å². The Morgan fingerprint density at radius 3 is 2.48 bits per heavy atom. The summed E-state index contributed by atoms with van der Waals surface area (Å²) in [6, 6.07) is 13.9. The third-order valence-corrected chi connectivity index (χ3v) is 6.34. The minimum absolute atomic E-state index is 0.0115. The van der Waals surface area contributed by atoms with Gasteiger partial charge in [0.1, 0.15) is 5.75 Å². The fraction of sp³-hybridized carbons (Fsp3) is 0.133. The molecule has 0 unspecified atom stereocenters. The van der Waals surface area contributed by atoms with Crippen LogP contribution in [0, 0.1) is 0 Å². The average molecular weight is 319 g/mol. The van der Waals surface area contributed by atoms with Crippen molar-refractivity contribution in [3.05, 3.63) is 54.1 Å². The first-order valence-corrected chi connectivity index (χ1v) is 8.88. The van der Waals surface area contributed by atoms with Gasteiger partial charge in [0, 0.05) is 0 Å². The molecule has 0 aliphatic heterocycles. The maximum atomic E-state index is 12.3. The van der Waals surface area contributed by atoms with Gasteiger partial charge in [0.2, 0.25) is 14.2 Å². The quantitative estimate of drug-likeness (QED) is 0.802. The number of rotatable bonds is 4. The van der Waals surface area contributed by atoms with Crippen LogP contribution in [0.15, 0.2) is 52.9 Å². The molecule has 0 spiro atoms. The van der Waals surface area contributed by atoms with Gasteiger partial charge < -0.3 is 5.11 Å². The van der Waals surface area contributed by atoms with Gasteiger partial charge in [-0.3, -0.25) is 0 Å². The number of hydrogen-bond acceptors (Lipinski definition) is 5. The summed E-state index contributed by atoms with van der Waals surface area (Å²) in [5, 5.41) is 9.22. The highest BCUT2D eigenvalue weighted by Gasteiger charge is 2.19. The van der Waals surface area contributed by atoms with Crippen molar-refractivity contribution >= 4 is 31.4 Å². The van der Waals surface area contributed by atoms with Crippen molar-refractivity contribution in [1.29, 1.82) is 0 Å². The molecule has 0 fully saturated rings. The first kappa shape index (κ1) is 14.0. The van der Waals surface area contributed by atoms with Crippen LogP contribution in [0.1, 0.15) is 5.56 Å². The second kappa shape index (κ2) is 5.46. The van der Waals surface area contributed by atoms with Crippen molar-refractivity contribution in [1.82, 2.24) is 4.98 Å². The van der Waals surface area contributed by atoms with Crippen LogP contribution in [0.3, 0.4) is 0 Å². The van der Waals surface area contributed by atoms with Crippen molar-refractivity contribution in [3.63, 3.8) is 0 Å². The third-order valence-electron chi connectivity index (χ3n) is 3.14. The summed E-state index contributed by atoms with van der Waals surface area (Å²) < 4.78 is 25.7. The lowest BCUT2D eigenvalue weighted by molar-refractivity contribution is 0.475. The van der Waals surface area contributed by atoms with E-state index in [2.05, 4.69) is 4.98 Å². The van der Waals surface area contributed by atoms with E-state index < -0.39 is 9.84 Å². The fourth-order valence-electron chi connectivity index (χ4n) is 1.99. The van der Waals surface area contributed by atoms with E-state index in [0.29, 0.717) is 11.9 Å². The van der Waals surface area contributed by atoms with Crippen LogP contribution in [0.2, 0.25) is 0 Å².